The molecule has 7 aromatic rings. The molecule has 0 amide bonds. The molecule has 3 aromatic heterocycles. The van der Waals surface area contributed by atoms with Crippen LogP contribution in [0, 0.1) is 0 Å². The average molecular weight is 679 g/mol. The summed E-state index contributed by atoms with van der Waals surface area (Å²) in [7, 11) is 0. The van der Waals surface area contributed by atoms with E-state index < -0.39 is 35.2 Å². The van der Waals surface area contributed by atoms with Crippen LogP contribution in [0.1, 0.15) is 16.7 Å². The van der Waals surface area contributed by atoms with Crippen molar-refractivity contribution in [1.29, 1.82) is 0 Å². The van der Waals surface area contributed by atoms with Crippen molar-refractivity contribution in [3.63, 3.8) is 0 Å². The maximum atomic E-state index is 13.5. The van der Waals surface area contributed by atoms with Gasteiger partial charge in [0.1, 0.15) is 0 Å². The summed E-state index contributed by atoms with van der Waals surface area (Å²) in [5.74, 6) is 0. The quantitative estimate of drug-likeness (QED) is 0.163. The maximum Gasteiger partial charge on any atom is 0.416 e. The fourth-order valence-corrected chi connectivity index (χ4v) is 9.00. The van der Waals surface area contributed by atoms with Crippen molar-refractivity contribution in [2.75, 3.05) is 0 Å². The molecule has 0 saturated carbocycles. The van der Waals surface area contributed by atoms with Gasteiger partial charge in [-0.25, -0.2) is 0 Å². The van der Waals surface area contributed by atoms with Crippen molar-refractivity contribution in [2.45, 2.75) is 18.5 Å². The monoisotopic (exact) mass is 678 g/mol. The van der Waals surface area contributed by atoms with Gasteiger partial charge in [0.05, 0.1) is 16.7 Å². The van der Waals surface area contributed by atoms with Crippen molar-refractivity contribution in [2.24, 2.45) is 0 Å². The minimum atomic E-state index is -4.55. The molecule has 0 aliphatic rings. The number of rotatable bonds is 3. The van der Waals surface area contributed by atoms with Crippen LogP contribution in [0.3, 0.4) is 0 Å². The smallest absolute Gasteiger partial charge is 0.166 e. The summed E-state index contributed by atoms with van der Waals surface area (Å²) in [5.41, 5.74) is -1.39. The third-order valence-electron chi connectivity index (χ3n) is 7.35. The molecule has 228 valence electrons. The molecule has 0 atom stereocenters. The molecule has 0 radical (unpaired) electrons. The number of hydrogen-bond acceptors (Lipinski definition) is 3. The van der Waals surface area contributed by atoms with E-state index in [2.05, 4.69) is 0 Å². The van der Waals surface area contributed by atoms with E-state index in [1.165, 1.54) is 52.2 Å². The van der Waals surface area contributed by atoms with Crippen LogP contribution in [0.4, 0.5) is 39.5 Å². The van der Waals surface area contributed by atoms with Gasteiger partial charge in [0.15, 0.2) is 0 Å². The van der Waals surface area contributed by atoms with E-state index in [0.29, 0.717) is 47.5 Å². The molecule has 0 aliphatic heterocycles. The van der Waals surface area contributed by atoms with Crippen molar-refractivity contribution in [3.05, 3.63) is 108 Å². The predicted molar refractivity (Wildman–Crippen MR) is 164 cm³/mol. The van der Waals surface area contributed by atoms with Gasteiger partial charge in [-0.1, -0.05) is 36.4 Å². The van der Waals surface area contributed by atoms with Gasteiger partial charge in [-0.05, 0) is 71.3 Å². The Labute approximate surface area is 260 Å². The second kappa shape index (κ2) is 10.3. The highest BCUT2D eigenvalue weighted by atomic mass is 32.1. The summed E-state index contributed by atoms with van der Waals surface area (Å²) in [5, 5.41) is 2.10. The van der Waals surface area contributed by atoms with Crippen LogP contribution in [-0.2, 0) is 18.5 Å². The third kappa shape index (κ3) is 5.38. The first kappa shape index (κ1) is 29.8. The molecule has 0 aliphatic carbocycles. The van der Waals surface area contributed by atoms with E-state index in [1.807, 2.05) is 0 Å². The normalized spacial score (nSPS) is 13.0. The van der Waals surface area contributed by atoms with Gasteiger partial charge in [0.2, 0.25) is 0 Å². The standard InChI is InChI=1S/C33H15F9S3/c34-31(35,36)19-7-1-4-16(10-19)25-13-22-28(43-25)23-14-26(17-5-2-8-20(11-17)32(37,38)39)45-30(23)24-15-27(44-29(22)24)18-6-3-9-21(12-18)33(40,41)42/h1-15H. The zero-order valence-corrected chi connectivity index (χ0v) is 24.7. The Kier molecular flexibility index (Phi) is 6.84. The van der Waals surface area contributed by atoms with E-state index in [-0.39, 0.29) is 0 Å². The lowest BCUT2D eigenvalue weighted by Gasteiger charge is -2.07. The lowest BCUT2D eigenvalue weighted by atomic mass is 10.1. The van der Waals surface area contributed by atoms with Crippen LogP contribution in [0.5, 0.6) is 0 Å². The lowest BCUT2D eigenvalue weighted by molar-refractivity contribution is -0.138. The first-order valence-electron chi connectivity index (χ1n) is 13.1. The molecule has 0 fully saturated rings. The SMILES string of the molecule is FC(F)(F)c1cccc(-c2cc3c(s2)c2cc(-c4cccc(C(F)(F)F)c4)sc2c2cc(-c4cccc(C(F)(F)F)c4)sc32)c1. The molecule has 0 N–H and O–H groups in total. The van der Waals surface area contributed by atoms with Crippen LogP contribution in [0.15, 0.2) is 91.0 Å². The summed E-state index contributed by atoms with van der Waals surface area (Å²) in [6, 6.07) is 20.1. The van der Waals surface area contributed by atoms with Crippen molar-refractivity contribution in [1.82, 2.24) is 0 Å². The van der Waals surface area contributed by atoms with Gasteiger partial charge < -0.3 is 0 Å². The molecule has 3 heterocycles. The van der Waals surface area contributed by atoms with Crippen molar-refractivity contribution in [3.8, 4) is 31.3 Å². The second-order valence-corrected chi connectivity index (χ2v) is 13.5. The number of alkyl halides is 9. The minimum Gasteiger partial charge on any atom is -0.166 e. The summed E-state index contributed by atoms with van der Waals surface area (Å²) in [6.07, 6.45) is -13.6. The van der Waals surface area contributed by atoms with Gasteiger partial charge in [-0.2, -0.15) is 39.5 Å². The third-order valence-corrected chi connectivity index (χ3v) is 11.0. The van der Waals surface area contributed by atoms with E-state index in [4.69, 9.17) is 0 Å². The van der Waals surface area contributed by atoms with E-state index in [1.54, 1.807) is 36.4 Å². The molecule has 0 nitrogen and oxygen atoms in total. The average Bonchev–Trinajstić information content (AvgIpc) is 3.73. The lowest BCUT2D eigenvalue weighted by Crippen LogP contribution is -2.04. The molecular formula is C33H15F9S3. The first-order valence-corrected chi connectivity index (χ1v) is 15.6. The summed E-state index contributed by atoms with van der Waals surface area (Å²) < 4.78 is 124. The Morgan fingerprint density at radius 2 is 0.622 bits per heavy atom. The number of fused-ring (bicyclic) bond motifs is 6. The summed E-state index contributed by atoms with van der Waals surface area (Å²) in [6.45, 7) is 0. The fourth-order valence-electron chi connectivity index (χ4n) is 5.25. The van der Waals surface area contributed by atoms with Crippen molar-refractivity contribution < 1.29 is 39.5 Å². The van der Waals surface area contributed by atoms with E-state index in [9.17, 15) is 39.5 Å². The van der Waals surface area contributed by atoms with Crippen LogP contribution in [-0.4, -0.2) is 0 Å². The molecule has 0 bridgehead atoms. The Morgan fingerprint density at radius 3 is 0.867 bits per heavy atom. The number of benzene rings is 4. The van der Waals surface area contributed by atoms with Gasteiger partial charge in [-0.3, -0.25) is 0 Å². The molecule has 12 heteroatoms. The highest BCUT2D eigenvalue weighted by Gasteiger charge is 2.33. The topological polar surface area (TPSA) is 0 Å². The zero-order chi connectivity index (χ0) is 31.9. The summed E-state index contributed by atoms with van der Waals surface area (Å²) >= 11 is 3.77. The van der Waals surface area contributed by atoms with Crippen LogP contribution >= 0.6 is 34.0 Å². The molecular weight excluding hydrogens is 664 g/mol. The van der Waals surface area contributed by atoms with Crippen molar-refractivity contribution >= 4 is 64.3 Å². The Morgan fingerprint density at radius 1 is 0.356 bits per heavy atom. The maximum absolute atomic E-state index is 13.5. The molecule has 4 aromatic carbocycles. The van der Waals surface area contributed by atoms with E-state index >= 15 is 0 Å². The Bertz CT molecular complexity index is 1890. The molecule has 7 rings (SSSR count). The van der Waals surface area contributed by atoms with E-state index in [0.717, 1.165) is 50.5 Å². The summed E-state index contributed by atoms with van der Waals surface area (Å²) in [4.78, 5) is 1.64. The molecule has 45 heavy (non-hydrogen) atoms. The molecule has 0 unspecified atom stereocenters. The van der Waals surface area contributed by atoms with Gasteiger partial charge >= 0.3 is 18.5 Å². The second-order valence-electron chi connectivity index (χ2n) is 10.3. The minimum absolute atomic E-state index is 0.343. The van der Waals surface area contributed by atoms with Crippen LogP contribution < -0.4 is 0 Å². The van der Waals surface area contributed by atoms with Crippen LogP contribution in [0.2, 0.25) is 0 Å². The predicted octanol–water partition coefficient (Wildman–Crippen LogP) is 13.4. The Hall–Kier alpha value is -3.87. The molecule has 0 spiro atoms. The Balaban J connectivity index is 1.49. The number of halogens is 9. The zero-order valence-electron chi connectivity index (χ0n) is 22.3. The van der Waals surface area contributed by atoms with Gasteiger partial charge in [-0.15, -0.1) is 34.0 Å². The first-order chi connectivity index (χ1) is 21.2. The number of hydrogen-bond donors (Lipinski definition) is 0. The van der Waals surface area contributed by atoms with Gasteiger partial charge in [0, 0.05) is 44.9 Å². The van der Waals surface area contributed by atoms with Crippen LogP contribution in [0.25, 0.3) is 61.6 Å². The largest absolute Gasteiger partial charge is 0.416 e. The number of thiophene rings is 3. The van der Waals surface area contributed by atoms with Gasteiger partial charge in [0.25, 0.3) is 0 Å². The fraction of sp³-hybridized carbons (Fsp3) is 0.0909. The highest BCUT2D eigenvalue weighted by molar-refractivity contribution is 7.29. The highest BCUT2D eigenvalue weighted by Crippen LogP contribution is 2.51. The molecule has 0 saturated heterocycles.